The van der Waals surface area contributed by atoms with Gasteiger partial charge in [-0.1, -0.05) is 0 Å². The molecule has 0 saturated heterocycles. The van der Waals surface area contributed by atoms with Crippen LogP contribution in [-0.4, -0.2) is 9.66 Å². The fraction of sp³-hybridized carbons (Fsp3) is 0. The van der Waals surface area contributed by atoms with Crippen LogP contribution in [-0.2, 0) is 4.57 Å². The molecule has 0 saturated carbocycles. The molecule has 46 valence electrons. The van der Waals surface area contributed by atoms with Crippen LogP contribution in [0.25, 0.3) is 0 Å². The van der Waals surface area contributed by atoms with Crippen molar-refractivity contribution in [1.82, 2.24) is 0 Å². The molecule has 1 atom stereocenters. The predicted octanol–water partition coefficient (Wildman–Crippen LogP) is 2.61. The van der Waals surface area contributed by atoms with Gasteiger partial charge >= 0.3 is 17.9 Å². The molecule has 0 aromatic rings. The number of aliphatic hydroxyl groups excluding tert-OH is 1. The molecule has 6 heteroatoms. The molecule has 2 N–H and O–H groups in total. The van der Waals surface area contributed by atoms with Crippen molar-refractivity contribution in [2.75, 3.05) is 0 Å². The third-order valence-corrected chi connectivity index (χ3v) is 3.48. The van der Waals surface area contributed by atoms with Crippen LogP contribution >= 0.6 is 29.2 Å². The second-order valence-corrected chi connectivity index (χ2v) is 5.59. The maximum Gasteiger partial charge on any atom is 0.518 e. The Morgan fingerprint density at radius 2 is 2.25 bits per heavy atom. The summed E-state index contributed by atoms with van der Waals surface area (Å²) in [6, 6.07) is 0. The summed E-state index contributed by atoms with van der Waals surface area (Å²) >= 11 is 1.14. The monoisotopic (exact) mass is 171 g/mol. The summed E-state index contributed by atoms with van der Waals surface area (Å²) in [5.74, 6) is 0. The molecule has 0 heterocycles. The summed E-state index contributed by atoms with van der Waals surface area (Å²) in [6.07, 6.45) is -0.920. The van der Waals surface area contributed by atoms with Crippen LogP contribution in [0.15, 0.2) is 11.7 Å². The van der Waals surface area contributed by atoms with Crippen molar-refractivity contribution >= 4 is 29.2 Å². The quantitative estimate of drug-likeness (QED) is 0.388. The molecule has 3 nitrogen and oxygen atoms in total. The first-order valence-electron chi connectivity index (χ1n) is 1.56. The van der Waals surface area contributed by atoms with E-state index in [1.165, 1.54) is 5.41 Å². The van der Waals surface area contributed by atoms with Crippen LogP contribution in [0.2, 0.25) is 0 Å². The molecule has 8 heavy (non-hydrogen) atoms. The SMILES string of the molecule is O=[P+](SO)SC=CO. The topological polar surface area (TPSA) is 57.5 Å². The lowest BCUT2D eigenvalue weighted by atomic mass is 11.2. The highest BCUT2D eigenvalue weighted by molar-refractivity contribution is 8.83. The molecule has 0 rings (SSSR count). The highest BCUT2D eigenvalue weighted by Gasteiger charge is 2.15. The molecular formula is C2H4O3PS2+. The molecule has 0 aliphatic carbocycles. The summed E-state index contributed by atoms with van der Waals surface area (Å²) < 4.78 is 18.3. The lowest BCUT2D eigenvalue weighted by Crippen LogP contribution is -1.43. The van der Waals surface area contributed by atoms with Crippen molar-refractivity contribution in [1.29, 1.82) is 0 Å². The Morgan fingerprint density at radius 1 is 1.62 bits per heavy atom. The first kappa shape index (κ1) is 8.30. The van der Waals surface area contributed by atoms with Crippen molar-refractivity contribution < 1.29 is 14.2 Å². The van der Waals surface area contributed by atoms with Gasteiger partial charge in [-0.25, -0.2) is 0 Å². The van der Waals surface area contributed by atoms with Crippen molar-refractivity contribution in [2.24, 2.45) is 0 Å². The first-order chi connectivity index (χ1) is 3.81. The van der Waals surface area contributed by atoms with Gasteiger partial charge in [0.05, 0.1) is 11.7 Å². The normalized spacial score (nSPS) is 12.4. The highest BCUT2D eigenvalue weighted by atomic mass is 33.1. The van der Waals surface area contributed by atoms with Crippen LogP contribution < -0.4 is 0 Å². The van der Waals surface area contributed by atoms with Gasteiger partial charge in [0.15, 0.2) is 11.4 Å². The summed E-state index contributed by atoms with van der Waals surface area (Å²) in [4.78, 5) is 0. The van der Waals surface area contributed by atoms with Crippen LogP contribution in [0, 0.1) is 0 Å². The number of hydrogen-bond acceptors (Lipinski definition) is 5. The van der Waals surface area contributed by atoms with E-state index in [0.29, 0.717) is 0 Å². The first-order valence-corrected chi connectivity index (χ1v) is 5.68. The van der Waals surface area contributed by atoms with Gasteiger partial charge in [0, 0.05) is 0 Å². The largest absolute Gasteiger partial charge is 0.518 e. The molecule has 1 unspecified atom stereocenters. The molecule has 0 radical (unpaired) electrons. The number of rotatable bonds is 3. The predicted molar refractivity (Wildman–Crippen MR) is 37.2 cm³/mol. The van der Waals surface area contributed by atoms with E-state index in [0.717, 1.165) is 17.6 Å². The van der Waals surface area contributed by atoms with Crippen molar-refractivity contribution in [3.05, 3.63) is 11.7 Å². The van der Waals surface area contributed by atoms with Crippen LogP contribution in [0.1, 0.15) is 0 Å². The van der Waals surface area contributed by atoms with E-state index < -0.39 is 6.20 Å². The van der Waals surface area contributed by atoms with E-state index in [9.17, 15) is 4.57 Å². The van der Waals surface area contributed by atoms with Gasteiger partial charge in [0.25, 0.3) is 0 Å². The summed E-state index contributed by atoms with van der Waals surface area (Å²) in [6.45, 7) is 0. The van der Waals surface area contributed by atoms with E-state index in [1.807, 2.05) is 0 Å². The molecule has 0 fully saturated rings. The smallest absolute Gasteiger partial charge is 0.515 e. The minimum Gasteiger partial charge on any atom is -0.515 e. The Labute approximate surface area is 55.7 Å². The van der Waals surface area contributed by atoms with Gasteiger partial charge in [-0.3, -0.25) is 4.55 Å². The number of aliphatic hydroxyl groups is 1. The zero-order valence-corrected chi connectivity index (χ0v) is 6.25. The molecule has 0 aromatic carbocycles. The van der Waals surface area contributed by atoms with Crippen molar-refractivity contribution in [3.63, 3.8) is 0 Å². The average molecular weight is 171 g/mol. The Hall–Kier alpha value is 0.300. The van der Waals surface area contributed by atoms with Crippen LogP contribution in [0.5, 0.6) is 0 Å². The van der Waals surface area contributed by atoms with E-state index in [-0.39, 0.29) is 11.7 Å². The molecule has 0 aromatic heterocycles. The molecule has 0 spiro atoms. The van der Waals surface area contributed by atoms with Crippen LogP contribution in [0.4, 0.5) is 0 Å². The Balaban J connectivity index is 3.25. The average Bonchev–Trinajstić information content (AvgIpc) is 1.83. The van der Waals surface area contributed by atoms with Crippen molar-refractivity contribution in [3.8, 4) is 0 Å². The van der Waals surface area contributed by atoms with Gasteiger partial charge in [0.2, 0.25) is 0 Å². The Bertz CT molecular complexity index is 103. The fourth-order valence-corrected chi connectivity index (χ4v) is 1.66. The second-order valence-electron chi connectivity index (χ2n) is 0.696. The fourth-order valence-electron chi connectivity index (χ4n) is 0.0962. The minimum atomic E-state index is -1.69. The zero-order valence-electron chi connectivity index (χ0n) is 3.72. The van der Waals surface area contributed by atoms with E-state index >= 15 is 0 Å². The summed E-state index contributed by atoms with van der Waals surface area (Å²) in [5, 5.41) is 9.23. The van der Waals surface area contributed by atoms with E-state index in [4.69, 9.17) is 9.66 Å². The Kier molecular flexibility index (Phi) is 5.64. The minimum absolute atomic E-state index is 0.275. The third kappa shape index (κ3) is 4.46. The molecule has 0 aliphatic rings. The highest BCUT2D eigenvalue weighted by Crippen LogP contribution is 2.48. The zero-order chi connectivity index (χ0) is 6.41. The lowest BCUT2D eigenvalue weighted by molar-refractivity contribution is 0.475. The summed E-state index contributed by atoms with van der Waals surface area (Å²) in [7, 11) is 0. The van der Waals surface area contributed by atoms with E-state index in [2.05, 4.69) is 0 Å². The van der Waals surface area contributed by atoms with Gasteiger partial charge in [0.1, 0.15) is 0 Å². The summed E-state index contributed by atoms with van der Waals surface area (Å²) in [5.41, 5.74) is 0. The van der Waals surface area contributed by atoms with Gasteiger partial charge < -0.3 is 5.11 Å². The molecule has 0 bridgehead atoms. The molecule has 0 aliphatic heterocycles. The third-order valence-electron chi connectivity index (χ3n) is 0.274. The van der Waals surface area contributed by atoms with E-state index in [1.54, 1.807) is 0 Å². The lowest BCUT2D eigenvalue weighted by Gasteiger charge is -1.66. The molecular weight excluding hydrogens is 167 g/mol. The maximum absolute atomic E-state index is 10.2. The Morgan fingerprint density at radius 3 is 2.62 bits per heavy atom. The second kappa shape index (κ2) is 5.44. The number of hydrogen-bond donors (Lipinski definition) is 2. The maximum atomic E-state index is 10.2. The van der Waals surface area contributed by atoms with Gasteiger partial charge in [-0.05, 0) is 4.57 Å². The standard InChI is InChI=1S/C2H3O3PS2/c3-1-2-7-6(4)8-5/h1-2H,(H-,3,5)/p+1. The van der Waals surface area contributed by atoms with Crippen molar-refractivity contribution in [2.45, 2.75) is 0 Å². The van der Waals surface area contributed by atoms with Gasteiger partial charge in [-0.15, -0.1) is 0 Å². The van der Waals surface area contributed by atoms with Gasteiger partial charge in [-0.2, -0.15) is 0 Å². The molecule has 0 amide bonds. The van der Waals surface area contributed by atoms with Crippen LogP contribution in [0.3, 0.4) is 0 Å².